The molecule has 6 aromatic rings. The molecule has 0 atom stereocenters. The van der Waals surface area contributed by atoms with E-state index in [-0.39, 0.29) is 0 Å². The molecular formula is C32H26N2. The molecule has 0 saturated carbocycles. The zero-order chi connectivity index (χ0) is 23.1. The Bertz CT molecular complexity index is 1610. The maximum Gasteiger partial charge on any atom is 0.0709 e. The normalized spacial score (nSPS) is 11.5. The lowest BCUT2D eigenvalue weighted by molar-refractivity contribution is 0.642. The first kappa shape index (κ1) is 20.4. The Labute approximate surface area is 200 Å². The number of fused-ring (bicyclic) bond motifs is 3. The lowest BCUT2D eigenvalue weighted by Crippen LogP contribution is -1.99. The summed E-state index contributed by atoms with van der Waals surface area (Å²) < 4.78 is 2.44. The smallest absolute Gasteiger partial charge is 0.0709 e. The number of hydrogen-bond donors (Lipinski definition) is 0. The molecule has 0 fully saturated rings. The van der Waals surface area contributed by atoms with E-state index in [1.807, 2.05) is 6.07 Å². The Hall–Kier alpha value is -4.17. The summed E-state index contributed by atoms with van der Waals surface area (Å²) in [5.74, 6) is 0. The highest BCUT2D eigenvalue weighted by atomic mass is 15.0. The minimum Gasteiger partial charge on any atom is -0.338 e. The molecule has 0 N–H and O–H groups in total. The summed E-state index contributed by atoms with van der Waals surface area (Å²) in [7, 11) is 0. The minimum atomic E-state index is 0.368. The highest BCUT2D eigenvalue weighted by Crippen LogP contribution is 2.37. The van der Waals surface area contributed by atoms with Crippen LogP contribution in [0.3, 0.4) is 0 Å². The summed E-state index contributed by atoms with van der Waals surface area (Å²) in [6, 6.07) is 41.2. The molecular weight excluding hydrogens is 412 g/mol. The van der Waals surface area contributed by atoms with Gasteiger partial charge < -0.3 is 4.57 Å². The Morgan fingerprint density at radius 2 is 1.03 bits per heavy atom. The highest BCUT2D eigenvalue weighted by molar-refractivity contribution is 6.10. The van der Waals surface area contributed by atoms with E-state index in [9.17, 15) is 0 Å². The van der Waals surface area contributed by atoms with Crippen molar-refractivity contribution in [3.63, 3.8) is 0 Å². The SMILES string of the molecule is CC(C)n1c2ccc(-c3ccccc3)cc2c2cc(-c3cccc(-c4ccccc4)n3)ccc21. The summed E-state index contributed by atoms with van der Waals surface area (Å²) >= 11 is 0. The molecule has 2 nitrogen and oxygen atoms in total. The number of benzene rings is 4. The summed E-state index contributed by atoms with van der Waals surface area (Å²) in [6.07, 6.45) is 0. The van der Waals surface area contributed by atoms with Crippen molar-refractivity contribution in [3.8, 4) is 33.6 Å². The van der Waals surface area contributed by atoms with Crippen molar-refractivity contribution < 1.29 is 0 Å². The van der Waals surface area contributed by atoms with Gasteiger partial charge in [-0.1, -0.05) is 78.9 Å². The van der Waals surface area contributed by atoms with E-state index in [1.165, 1.54) is 32.9 Å². The van der Waals surface area contributed by atoms with Gasteiger partial charge in [0.25, 0.3) is 0 Å². The first-order valence-electron chi connectivity index (χ1n) is 11.8. The second-order valence-electron chi connectivity index (χ2n) is 9.07. The van der Waals surface area contributed by atoms with Crippen LogP contribution >= 0.6 is 0 Å². The van der Waals surface area contributed by atoms with E-state index < -0.39 is 0 Å². The monoisotopic (exact) mass is 438 g/mol. The van der Waals surface area contributed by atoms with Crippen molar-refractivity contribution in [1.29, 1.82) is 0 Å². The Morgan fingerprint density at radius 1 is 0.500 bits per heavy atom. The van der Waals surface area contributed by atoms with Crippen LogP contribution < -0.4 is 0 Å². The number of hydrogen-bond acceptors (Lipinski definition) is 1. The average molecular weight is 439 g/mol. The largest absolute Gasteiger partial charge is 0.338 e. The fourth-order valence-electron chi connectivity index (χ4n) is 4.94. The van der Waals surface area contributed by atoms with Gasteiger partial charge in [-0.25, -0.2) is 4.98 Å². The number of aromatic nitrogens is 2. The maximum atomic E-state index is 5.00. The van der Waals surface area contributed by atoms with E-state index >= 15 is 0 Å². The van der Waals surface area contributed by atoms with E-state index in [1.54, 1.807) is 0 Å². The average Bonchev–Trinajstić information content (AvgIpc) is 3.23. The summed E-state index contributed by atoms with van der Waals surface area (Å²) in [6.45, 7) is 4.51. The van der Waals surface area contributed by atoms with Gasteiger partial charge in [0.15, 0.2) is 0 Å². The zero-order valence-electron chi connectivity index (χ0n) is 19.4. The highest BCUT2D eigenvalue weighted by Gasteiger charge is 2.15. The molecule has 0 aliphatic rings. The fraction of sp³-hybridized carbons (Fsp3) is 0.0938. The molecule has 0 bridgehead atoms. The first-order valence-corrected chi connectivity index (χ1v) is 11.8. The second kappa shape index (κ2) is 8.31. The second-order valence-corrected chi connectivity index (χ2v) is 9.07. The molecule has 0 aliphatic carbocycles. The molecule has 0 saturated heterocycles. The van der Waals surface area contributed by atoms with Crippen LogP contribution in [0.15, 0.2) is 115 Å². The van der Waals surface area contributed by atoms with Crippen molar-refractivity contribution in [2.75, 3.05) is 0 Å². The van der Waals surface area contributed by atoms with E-state index in [0.717, 1.165) is 22.5 Å². The van der Waals surface area contributed by atoms with Crippen LogP contribution in [-0.4, -0.2) is 9.55 Å². The van der Waals surface area contributed by atoms with E-state index in [4.69, 9.17) is 4.98 Å². The molecule has 0 unspecified atom stereocenters. The molecule has 4 aromatic carbocycles. The van der Waals surface area contributed by atoms with Gasteiger partial charge in [-0.3, -0.25) is 0 Å². The molecule has 0 spiro atoms. The van der Waals surface area contributed by atoms with Crippen LogP contribution in [-0.2, 0) is 0 Å². The third kappa shape index (κ3) is 3.48. The van der Waals surface area contributed by atoms with Crippen LogP contribution in [0.1, 0.15) is 19.9 Å². The molecule has 0 amide bonds. The van der Waals surface area contributed by atoms with Gasteiger partial charge in [0, 0.05) is 39.0 Å². The topological polar surface area (TPSA) is 17.8 Å². The molecule has 2 heteroatoms. The third-order valence-electron chi connectivity index (χ3n) is 6.54. The fourth-order valence-corrected chi connectivity index (χ4v) is 4.94. The summed E-state index contributed by atoms with van der Waals surface area (Å²) in [5.41, 5.74) is 9.27. The van der Waals surface area contributed by atoms with Crippen LogP contribution in [0, 0.1) is 0 Å². The van der Waals surface area contributed by atoms with Gasteiger partial charge >= 0.3 is 0 Å². The number of nitrogens with zero attached hydrogens (tertiary/aromatic N) is 2. The summed E-state index contributed by atoms with van der Waals surface area (Å²) in [5, 5.41) is 2.55. The van der Waals surface area contributed by atoms with Crippen molar-refractivity contribution in [2.24, 2.45) is 0 Å². The number of rotatable bonds is 4. The lowest BCUT2D eigenvalue weighted by atomic mass is 10.0. The number of pyridine rings is 1. The lowest BCUT2D eigenvalue weighted by Gasteiger charge is -2.12. The van der Waals surface area contributed by atoms with Gasteiger partial charge in [0.05, 0.1) is 11.4 Å². The molecule has 2 heterocycles. The predicted molar refractivity (Wildman–Crippen MR) is 144 cm³/mol. The van der Waals surface area contributed by atoms with Crippen LogP contribution in [0.2, 0.25) is 0 Å². The third-order valence-corrected chi connectivity index (χ3v) is 6.54. The van der Waals surface area contributed by atoms with Gasteiger partial charge in [-0.15, -0.1) is 0 Å². The van der Waals surface area contributed by atoms with E-state index in [2.05, 4.69) is 128 Å². The van der Waals surface area contributed by atoms with Gasteiger partial charge in [0.1, 0.15) is 0 Å². The first-order chi connectivity index (χ1) is 16.7. The zero-order valence-corrected chi connectivity index (χ0v) is 19.4. The summed E-state index contributed by atoms with van der Waals surface area (Å²) in [4.78, 5) is 5.00. The van der Waals surface area contributed by atoms with Crippen molar-refractivity contribution in [2.45, 2.75) is 19.9 Å². The Kier molecular flexibility index (Phi) is 5.00. The standard InChI is InChI=1S/C32H26N2/c1-22(2)34-31-18-16-25(23-10-5-3-6-11-23)20-27(31)28-21-26(17-19-32(28)34)30-15-9-14-29(33-30)24-12-7-4-8-13-24/h3-22H,1-2H3. The Morgan fingerprint density at radius 3 is 1.65 bits per heavy atom. The molecule has 164 valence electrons. The quantitative estimate of drug-likeness (QED) is 0.269. The Balaban J connectivity index is 1.55. The molecule has 2 aromatic heterocycles. The van der Waals surface area contributed by atoms with Gasteiger partial charge in [-0.05, 0) is 61.4 Å². The molecule has 0 aliphatic heterocycles. The van der Waals surface area contributed by atoms with E-state index in [0.29, 0.717) is 6.04 Å². The van der Waals surface area contributed by atoms with Crippen molar-refractivity contribution >= 4 is 21.8 Å². The van der Waals surface area contributed by atoms with Gasteiger partial charge in [-0.2, -0.15) is 0 Å². The van der Waals surface area contributed by atoms with Crippen LogP contribution in [0.5, 0.6) is 0 Å². The van der Waals surface area contributed by atoms with Crippen LogP contribution in [0.4, 0.5) is 0 Å². The van der Waals surface area contributed by atoms with Crippen molar-refractivity contribution in [3.05, 3.63) is 115 Å². The molecule has 6 rings (SSSR count). The van der Waals surface area contributed by atoms with Crippen molar-refractivity contribution in [1.82, 2.24) is 9.55 Å². The van der Waals surface area contributed by atoms with Gasteiger partial charge in [0.2, 0.25) is 0 Å². The van der Waals surface area contributed by atoms with Crippen LogP contribution in [0.25, 0.3) is 55.4 Å². The minimum absolute atomic E-state index is 0.368. The molecule has 34 heavy (non-hydrogen) atoms. The predicted octanol–water partition coefficient (Wildman–Crippen LogP) is 8.77. The molecule has 0 radical (unpaired) electrons. The maximum absolute atomic E-state index is 5.00.